The first-order valence-corrected chi connectivity index (χ1v) is 7.38. The summed E-state index contributed by atoms with van der Waals surface area (Å²) in [5, 5.41) is 3.79. The lowest BCUT2D eigenvalue weighted by Crippen LogP contribution is -2.46. The highest BCUT2D eigenvalue weighted by atomic mass is 16.5. The molecule has 3 unspecified atom stereocenters. The summed E-state index contributed by atoms with van der Waals surface area (Å²) in [4.78, 5) is 2.59. The minimum Gasteiger partial charge on any atom is -0.378 e. The third-order valence-electron chi connectivity index (χ3n) is 4.07. The standard InChI is InChI=1S/C14H28N2O/c1-3-14-10-13(6-9-17-14)15-12(2)11-16-7-4-5-8-16/h12-15H,3-11H2,1-2H3. The van der Waals surface area contributed by atoms with Gasteiger partial charge in [0.05, 0.1) is 6.10 Å². The van der Waals surface area contributed by atoms with E-state index in [1.165, 1.54) is 45.3 Å². The Hall–Kier alpha value is -0.120. The van der Waals surface area contributed by atoms with Crippen molar-refractivity contribution in [2.75, 3.05) is 26.2 Å². The summed E-state index contributed by atoms with van der Waals surface area (Å²) >= 11 is 0. The van der Waals surface area contributed by atoms with Crippen LogP contribution in [0.15, 0.2) is 0 Å². The van der Waals surface area contributed by atoms with Crippen LogP contribution in [0.5, 0.6) is 0 Å². The Morgan fingerprint density at radius 2 is 2.12 bits per heavy atom. The van der Waals surface area contributed by atoms with Crippen LogP contribution in [0.1, 0.15) is 46.0 Å². The summed E-state index contributed by atoms with van der Waals surface area (Å²) in [5.74, 6) is 0. The van der Waals surface area contributed by atoms with Gasteiger partial charge >= 0.3 is 0 Å². The molecule has 3 atom stereocenters. The molecule has 17 heavy (non-hydrogen) atoms. The van der Waals surface area contributed by atoms with Crippen molar-refractivity contribution in [3.8, 4) is 0 Å². The summed E-state index contributed by atoms with van der Waals surface area (Å²) < 4.78 is 5.72. The Labute approximate surface area is 106 Å². The second-order valence-corrected chi connectivity index (χ2v) is 5.70. The van der Waals surface area contributed by atoms with E-state index in [4.69, 9.17) is 4.74 Å². The average molecular weight is 240 g/mol. The van der Waals surface area contributed by atoms with E-state index in [0.29, 0.717) is 18.2 Å². The summed E-state index contributed by atoms with van der Waals surface area (Å²) in [6.07, 6.45) is 6.80. The predicted molar refractivity (Wildman–Crippen MR) is 71.3 cm³/mol. The van der Waals surface area contributed by atoms with E-state index < -0.39 is 0 Å². The van der Waals surface area contributed by atoms with Gasteiger partial charge in [0, 0.05) is 25.2 Å². The van der Waals surface area contributed by atoms with Gasteiger partial charge in [-0.3, -0.25) is 0 Å². The zero-order valence-corrected chi connectivity index (χ0v) is 11.5. The number of ether oxygens (including phenoxy) is 1. The van der Waals surface area contributed by atoms with Crippen LogP contribution in [0.2, 0.25) is 0 Å². The minimum absolute atomic E-state index is 0.486. The molecule has 0 aliphatic carbocycles. The number of nitrogens with one attached hydrogen (secondary N) is 1. The molecule has 0 amide bonds. The smallest absolute Gasteiger partial charge is 0.0587 e. The third kappa shape index (κ3) is 4.23. The van der Waals surface area contributed by atoms with Gasteiger partial charge in [-0.25, -0.2) is 0 Å². The highest BCUT2D eigenvalue weighted by Crippen LogP contribution is 2.17. The molecule has 3 nitrogen and oxygen atoms in total. The number of rotatable bonds is 5. The largest absolute Gasteiger partial charge is 0.378 e. The fourth-order valence-corrected chi connectivity index (χ4v) is 3.12. The predicted octanol–water partition coefficient (Wildman–Crippen LogP) is 2.02. The number of hydrogen-bond donors (Lipinski definition) is 1. The fraction of sp³-hybridized carbons (Fsp3) is 1.00. The molecule has 2 fully saturated rings. The highest BCUT2D eigenvalue weighted by molar-refractivity contribution is 4.80. The van der Waals surface area contributed by atoms with Crippen molar-refractivity contribution < 1.29 is 4.74 Å². The van der Waals surface area contributed by atoms with E-state index in [0.717, 1.165) is 13.0 Å². The van der Waals surface area contributed by atoms with Gasteiger partial charge in [0.1, 0.15) is 0 Å². The molecule has 3 heteroatoms. The summed E-state index contributed by atoms with van der Waals surface area (Å²) in [6.45, 7) is 9.31. The van der Waals surface area contributed by atoms with Crippen LogP contribution in [0.4, 0.5) is 0 Å². The molecule has 0 aromatic rings. The molecule has 0 aromatic carbocycles. The summed E-state index contributed by atoms with van der Waals surface area (Å²) in [7, 11) is 0. The van der Waals surface area contributed by atoms with E-state index in [2.05, 4.69) is 24.1 Å². The van der Waals surface area contributed by atoms with Crippen LogP contribution in [-0.4, -0.2) is 49.3 Å². The molecule has 100 valence electrons. The second kappa shape index (κ2) is 6.72. The lowest BCUT2D eigenvalue weighted by atomic mass is 10.0. The maximum absolute atomic E-state index is 5.72. The molecule has 0 bridgehead atoms. The molecule has 0 saturated carbocycles. The molecule has 0 spiro atoms. The van der Waals surface area contributed by atoms with Crippen molar-refractivity contribution >= 4 is 0 Å². The first kappa shape index (κ1) is 13.3. The number of hydrogen-bond acceptors (Lipinski definition) is 3. The zero-order chi connectivity index (χ0) is 12.1. The van der Waals surface area contributed by atoms with E-state index >= 15 is 0 Å². The Bertz CT molecular complexity index is 216. The van der Waals surface area contributed by atoms with Gasteiger partial charge in [-0.1, -0.05) is 6.92 Å². The van der Waals surface area contributed by atoms with Crippen LogP contribution in [0, 0.1) is 0 Å². The van der Waals surface area contributed by atoms with Crippen LogP contribution in [-0.2, 0) is 4.74 Å². The van der Waals surface area contributed by atoms with Gasteiger partial charge in [0.2, 0.25) is 0 Å². The molecular weight excluding hydrogens is 212 g/mol. The molecular formula is C14H28N2O. The first-order chi connectivity index (χ1) is 8.28. The Morgan fingerprint density at radius 3 is 2.82 bits per heavy atom. The van der Waals surface area contributed by atoms with Gasteiger partial charge < -0.3 is 15.0 Å². The van der Waals surface area contributed by atoms with Crippen molar-refractivity contribution in [2.45, 2.75) is 64.1 Å². The Kier molecular flexibility index (Phi) is 5.26. The van der Waals surface area contributed by atoms with Crippen molar-refractivity contribution in [3.05, 3.63) is 0 Å². The molecule has 2 rings (SSSR count). The van der Waals surface area contributed by atoms with Crippen molar-refractivity contribution in [1.82, 2.24) is 10.2 Å². The van der Waals surface area contributed by atoms with Gasteiger partial charge in [0.25, 0.3) is 0 Å². The van der Waals surface area contributed by atoms with Crippen molar-refractivity contribution in [1.29, 1.82) is 0 Å². The zero-order valence-electron chi connectivity index (χ0n) is 11.5. The van der Waals surface area contributed by atoms with Crippen LogP contribution < -0.4 is 5.32 Å². The van der Waals surface area contributed by atoms with Crippen LogP contribution >= 0.6 is 0 Å². The molecule has 2 heterocycles. The topological polar surface area (TPSA) is 24.5 Å². The molecule has 2 saturated heterocycles. The van der Waals surface area contributed by atoms with Crippen LogP contribution in [0.25, 0.3) is 0 Å². The van der Waals surface area contributed by atoms with E-state index in [1.807, 2.05) is 0 Å². The highest BCUT2D eigenvalue weighted by Gasteiger charge is 2.23. The van der Waals surface area contributed by atoms with E-state index in [1.54, 1.807) is 0 Å². The van der Waals surface area contributed by atoms with Crippen molar-refractivity contribution in [3.63, 3.8) is 0 Å². The number of likely N-dealkylation sites (tertiary alicyclic amines) is 1. The first-order valence-electron chi connectivity index (χ1n) is 7.38. The third-order valence-corrected chi connectivity index (χ3v) is 4.07. The van der Waals surface area contributed by atoms with Crippen LogP contribution in [0.3, 0.4) is 0 Å². The maximum Gasteiger partial charge on any atom is 0.0587 e. The maximum atomic E-state index is 5.72. The summed E-state index contributed by atoms with van der Waals surface area (Å²) in [5.41, 5.74) is 0. The monoisotopic (exact) mass is 240 g/mol. The lowest BCUT2D eigenvalue weighted by Gasteiger charge is -2.32. The second-order valence-electron chi connectivity index (χ2n) is 5.70. The lowest BCUT2D eigenvalue weighted by molar-refractivity contribution is -0.00214. The summed E-state index contributed by atoms with van der Waals surface area (Å²) in [6, 6.07) is 1.29. The van der Waals surface area contributed by atoms with Gasteiger partial charge in [0.15, 0.2) is 0 Å². The van der Waals surface area contributed by atoms with Gasteiger partial charge in [-0.15, -0.1) is 0 Å². The molecule has 1 N–H and O–H groups in total. The van der Waals surface area contributed by atoms with Crippen molar-refractivity contribution in [2.24, 2.45) is 0 Å². The molecule has 0 radical (unpaired) electrons. The Morgan fingerprint density at radius 1 is 1.35 bits per heavy atom. The van der Waals surface area contributed by atoms with E-state index in [-0.39, 0.29) is 0 Å². The minimum atomic E-state index is 0.486. The van der Waals surface area contributed by atoms with Gasteiger partial charge in [-0.2, -0.15) is 0 Å². The molecule has 0 aromatic heterocycles. The quantitative estimate of drug-likeness (QED) is 0.795. The normalized spacial score (nSPS) is 32.8. The average Bonchev–Trinajstić information content (AvgIpc) is 2.82. The number of nitrogens with zero attached hydrogens (tertiary/aromatic N) is 1. The Balaban J connectivity index is 1.68. The molecule has 2 aliphatic rings. The fourth-order valence-electron chi connectivity index (χ4n) is 3.12. The SMILES string of the molecule is CCC1CC(NC(C)CN2CCCC2)CCO1. The van der Waals surface area contributed by atoms with E-state index in [9.17, 15) is 0 Å². The molecule has 2 aliphatic heterocycles. The van der Waals surface area contributed by atoms with Gasteiger partial charge in [-0.05, 0) is 52.1 Å².